The summed E-state index contributed by atoms with van der Waals surface area (Å²) in [5.74, 6) is 0. The van der Waals surface area contributed by atoms with E-state index >= 15 is 0 Å². The Morgan fingerprint density at radius 1 is 0.824 bits per heavy atom. The quantitative estimate of drug-likeness (QED) is 0.254. The van der Waals surface area contributed by atoms with Crippen molar-refractivity contribution in [2.45, 2.75) is 69.8 Å². The van der Waals surface area contributed by atoms with Crippen molar-refractivity contribution in [3.63, 3.8) is 0 Å². The molecule has 96 valence electrons. The first-order valence-corrected chi connectivity index (χ1v) is 7.64. The van der Waals surface area contributed by atoms with Crippen molar-refractivity contribution < 1.29 is 4.74 Å². The van der Waals surface area contributed by atoms with Crippen molar-refractivity contribution in [1.29, 1.82) is 0 Å². The van der Waals surface area contributed by atoms with Gasteiger partial charge in [0.1, 0.15) is 0 Å². The zero-order valence-electron chi connectivity index (χ0n) is 12.0. The number of hydrogen-bond acceptors (Lipinski definition) is 1. The minimum atomic E-state index is 0.936. The van der Waals surface area contributed by atoms with Gasteiger partial charge in [-0.05, 0) is 0 Å². The molecule has 2 heteroatoms. The van der Waals surface area contributed by atoms with Gasteiger partial charge in [0.2, 0.25) is 0 Å². The fraction of sp³-hybridized carbons (Fsp3) is 0.867. The van der Waals surface area contributed by atoms with Crippen molar-refractivity contribution in [3.05, 3.63) is 12.2 Å². The number of hydrogen-bond donors (Lipinski definition) is 0. The second kappa shape index (κ2) is 16.3. The van der Waals surface area contributed by atoms with Gasteiger partial charge in [0.25, 0.3) is 0 Å². The molecule has 0 aromatic heterocycles. The molecule has 0 aliphatic rings. The van der Waals surface area contributed by atoms with Crippen LogP contribution in [0.2, 0.25) is 5.09 Å². The SMILES string of the molecule is [Li][CH2]C/C=C\CCCOCCCCCCCC. The molecule has 0 saturated heterocycles. The Balaban J connectivity index is 2.94. The standard InChI is InChI=1S/C15H29O.Li/c1-3-5-7-9-11-13-15-16-14-12-10-8-6-4-2;/h6,8H,2-5,7,9-15H2,1H3;/b8-6-;. The number of unbranched alkanes of at least 4 members (excludes halogenated alkanes) is 6. The molecule has 0 aromatic carbocycles. The summed E-state index contributed by atoms with van der Waals surface area (Å²) in [5.41, 5.74) is 0. The van der Waals surface area contributed by atoms with Crippen LogP contribution in [-0.2, 0) is 4.74 Å². The van der Waals surface area contributed by atoms with Gasteiger partial charge in [-0.15, -0.1) is 0 Å². The summed E-state index contributed by atoms with van der Waals surface area (Å²) in [4.78, 5) is 0. The van der Waals surface area contributed by atoms with Gasteiger partial charge in [-0.25, -0.2) is 0 Å². The predicted octanol–water partition coefficient (Wildman–Crippen LogP) is 4.68. The van der Waals surface area contributed by atoms with Crippen molar-refractivity contribution in [2.24, 2.45) is 0 Å². The molecule has 1 nitrogen and oxygen atoms in total. The third-order valence-corrected chi connectivity index (χ3v) is 2.92. The maximum absolute atomic E-state index is 5.61. The van der Waals surface area contributed by atoms with Crippen LogP contribution in [0, 0.1) is 0 Å². The van der Waals surface area contributed by atoms with Crippen LogP contribution < -0.4 is 0 Å². The molecule has 0 aliphatic carbocycles. The first-order valence-electron chi connectivity index (χ1n) is 7.64. The molecule has 17 heavy (non-hydrogen) atoms. The molecule has 0 spiro atoms. The molecule has 0 saturated carbocycles. The van der Waals surface area contributed by atoms with E-state index in [1.165, 1.54) is 62.9 Å². The van der Waals surface area contributed by atoms with E-state index in [4.69, 9.17) is 4.74 Å². The second-order valence-electron chi connectivity index (χ2n) is 4.78. The summed E-state index contributed by atoms with van der Waals surface area (Å²) in [5, 5.41) is 1.25. The van der Waals surface area contributed by atoms with Crippen molar-refractivity contribution in [1.82, 2.24) is 0 Å². The number of allylic oxidation sites excluding steroid dienone is 2. The molecular formula is C15H29LiO. The molecule has 0 N–H and O–H groups in total. The molecule has 0 heterocycles. The second-order valence-corrected chi connectivity index (χ2v) is 4.78. The first kappa shape index (κ1) is 17.3. The first-order chi connectivity index (χ1) is 8.41. The molecular weight excluding hydrogens is 203 g/mol. The summed E-state index contributed by atoms with van der Waals surface area (Å²) in [7, 11) is 0. The Bertz CT molecular complexity index is 157. The zero-order valence-corrected chi connectivity index (χ0v) is 12.0. The molecule has 0 rings (SSSR count). The third-order valence-electron chi connectivity index (χ3n) is 2.92. The van der Waals surface area contributed by atoms with Gasteiger partial charge in [-0.3, -0.25) is 0 Å². The molecule has 0 radical (unpaired) electrons. The van der Waals surface area contributed by atoms with Crippen LogP contribution in [0.1, 0.15) is 64.7 Å². The van der Waals surface area contributed by atoms with E-state index in [2.05, 4.69) is 36.8 Å². The molecule has 0 aliphatic heterocycles. The molecule has 0 aromatic rings. The Morgan fingerprint density at radius 3 is 2.24 bits per heavy atom. The molecule has 0 amide bonds. The van der Waals surface area contributed by atoms with Crippen LogP contribution in [0.3, 0.4) is 0 Å². The van der Waals surface area contributed by atoms with E-state index in [9.17, 15) is 0 Å². The Hall–Kier alpha value is 0.297. The van der Waals surface area contributed by atoms with E-state index in [-0.39, 0.29) is 0 Å². The average Bonchev–Trinajstić information content (AvgIpc) is 2.35. The molecule has 0 bridgehead atoms. The Morgan fingerprint density at radius 2 is 1.47 bits per heavy atom. The summed E-state index contributed by atoms with van der Waals surface area (Å²) in [6.07, 6.45) is 16.3. The smallest absolute Gasteiger partial charge is 0.0654 e. The topological polar surface area (TPSA) is 9.23 Å². The molecule has 0 fully saturated rings. The molecule has 0 unspecified atom stereocenters. The van der Waals surface area contributed by atoms with E-state index in [1.807, 2.05) is 0 Å². The summed E-state index contributed by atoms with van der Waals surface area (Å²) in [6.45, 7) is 4.16. The average molecular weight is 232 g/mol. The van der Waals surface area contributed by atoms with Crippen LogP contribution in [0.15, 0.2) is 12.2 Å². The molecule has 0 atom stereocenters. The van der Waals surface area contributed by atoms with Gasteiger partial charge in [0, 0.05) is 0 Å². The van der Waals surface area contributed by atoms with Crippen LogP contribution in [-0.4, -0.2) is 30.9 Å². The van der Waals surface area contributed by atoms with Gasteiger partial charge < -0.3 is 0 Å². The van der Waals surface area contributed by atoms with Gasteiger partial charge >= 0.3 is 91.4 Å². The minimum Gasteiger partial charge on any atom is -0.0654 e. The van der Waals surface area contributed by atoms with Crippen LogP contribution >= 0.6 is 0 Å². The summed E-state index contributed by atoms with van der Waals surface area (Å²) >= 11 is 2.22. The van der Waals surface area contributed by atoms with Crippen molar-refractivity contribution in [3.8, 4) is 0 Å². The maximum atomic E-state index is 5.61. The van der Waals surface area contributed by atoms with Crippen LogP contribution in [0.5, 0.6) is 0 Å². The monoisotopic (exact) mass is 232 g/mol. The fourth-order valence-corrected chi connectivity index (χ4v) is 1.79. The van der Waals surface area contributed by atoms with Gasteiger partial charge in [-0.1, -0.05) is 26.2 Å². The Kier molecular flexibility index (Phi) is 16.6. The van der Waals surface area contributed by atoms with E-state index in [0.717, 1.165) is 13.2 Å². The van der Waals surface area contributed by atoms with Crippen molar-refractivity contribution in [2.75, 3.05) is 13.2 Å². The summed E-state index contributed by atoms with van der Waals surface area (Å²) in [6, 6.07) is 0. The van der Waals surface area contributed by atoms with Crippen LogP contribution in [0.4, 0.5) is 0 Å². The number of rotatable bonds is 13. The van der Waals surface area contributed by atoms with Gasteiger partial charge in [0.15, 0.2) is 0 Å². The third kappa shape index (κ3) is 16.3. The van der Waals surface area contributed by atoms with E-state index in [0.29, 0.717) is 0 Å². The van der Waals surface area contributed by atoms with Crippen molar-refractivity contribution >= 4 is 17.7 Å². The van der Waals surface area contributed by atoms with Crippen LogP contribution in [0.25, 0.3) is 0 Å². The number of ether oxygens (including phenoxy) is 1. The fourth-order valence-electron chi connectivity index (χ4n) is 1.79. The van der Waals surface area contributed by atoms with Gasteiger partial charge in [0.05, 0.1) is 0 Å². The van der Waals surface area contributed by atoms with E-state index < -0.39 is 0 Å². The minimum absolute atomic E-state index is 0.936. The summed E-state index contributed by atoms with van der Waals surface area (Å²) < 4.78 is 5.61. The van der Waals surface area contributed by atoms with Gasteiger partial charge in [-0.2, -0.15) is 0 Å². The predicted molar refractivity (Wildman–Crippen MR) is 77.7 cm³/mol. The normalized spacial score (nSPS) is 11.5. The Labute approximate surface area is 118 Å². The van der Waals surface area contributed by atoms with E-state index in [1.54, 1.807) is 0 Å². The zero-order chi connectivity index (χ0) is 12.6.